The first-order valence-corrected chi connectivity index (χ1v) is 8.44. The van der Waals surface area contributed by atoms with Crippen molar-refractivity contribution >= 4 is 10.0 Å². The average molecular weight is 321 g/mol. The van der Waals surface area contributed by atoms with Gasteiger partial charge in [0.15, 0.2) is 0 Å². The second-order valence-electron chi connectivity index (χ2n) is 5.27. The molecule has 1 aliphatic rings. The Balaban J connectivity index is 1.77. The van der Waals surface area contributed by atoms with Crippen molar-refractivity contribution in [1.29, 1.82) is 0 Å². The molecule has 0 spiro atoms. The monoisotopic (exact) mass is 321 g/mol. The third-order valence-electron chi connectivity index (χ3n) is 3.65. The zero-order valence-electron chi connectivity index (χ0n) is 12.1. The second-order valence-corrected chi connectivity index (χ2v) is 7.01. The highest BCUT2D eigenvalue weighted by atomic mass is 32.2. The van der Waals surface area contributed by atoms with Crippen molar-refractivity contribution in [3.63, 3.8) is 0 Å². The van der Waals surface area contributed by atoms with Crippen LogP contribution in [0, 0.1) is 12.7 Å². The molecule has 116 valence electrons. The van der Waals surface area contributed by atoms with Crippen molar-refractivity contribution in [3.05, 3.63) is 58.9 Å². The van der Waals surface area contributed by atoms with Crippen LogP contribution in [0.2, 0.25) is 0 Å². The maximum atomic E-state index is 13.1. The van der Waals surface area contributed by atoms with Gasteiger partial charge in [0.05, 0.1) is 11.5 Å². The molecule has 0 fully saturated rings. The Morgan fingerprint density at radius 2 is 2.05 bits per heavy atom. The summed E-state index contributed by atoms with van der Waals surface area (Å²) in [6.45, 7) is 2.43. The molecule has 0 aromatic heterocycles. The molecule has 0 aliphatic carbocycles. The highest BCUT2D eigenvalue weighted by molar-refractivity contribution is 7.89. The molecule has 4 nitrogen and oxygen atoms in total. The van der Waals surface area contributed by atoms with E-state index in [0.29, 0.717) is 12.2 Å². The van der Waals surface area contributed by atoms with Crippen molar-refractivity contribution in [1.82, 2.24) is 4.72 Å². The van der Waals surface area contributed by atoms with Gasteiger partial charge in [0, 0.05) is 13.0 Å². The molecule has 0 saturated heterocycles. The molecular weight excluding hydrogens is 305 g/mol. The van der Waals surface area contributed by atoms with E-state index in [9.17, 15) is 12.8 Å². The van der Waals surface area contributed by atoms with E-state index in [4.69, 9.17) is 4.74 Å². The molecule has 0 saturated carbocycles. The van der Waals surface area contributed by atoms with Crippen LogP contribution in [-0.2, 0) is 23.0 Å². The minimum atomic E-state index is -3.67. The minimum absolute atomic E-state index is 0.0957. The second kappa shape index (κ2) is 5.70. The van der Waals surface area contributed by atoms with Crippen LogP contribution in [0.4, 0.5) is 4.39 Å². The standard InChI is InChI=1S/C16H16FNO3S/c1-11-8-14(17)3-5-16(11)22(19,20)18-10-12-2-4-15-13(9-12)6-7-21-15/h2-5,8-9,18H,6-7,10H2,1H3. The number of benzene rings is 2. The van der Waals surface area contributed by atoms with Crippen LogP contribution in [0.3, 0.4) is 0 Å². The lowest BCUT2D eigenvalue weighted by molar-refractivity contribution is 0.357. The van der Waals surface area contributed by atoms with Crippen molar-refractivity contribution in [2.24, 2.45) is 0 Å². The van der Waals surface area contributed by atoms with Gasteiger partial charge in [-0.1, -0.05) is 12.1 Å². The van der Waals surface area contributed by atoms with E-state index in [2.05, 4.69) is 4.72 Å². The van der Waals surface area contributed by atoms with Crippen molar-refractivity contribution < 1.29 is 17.5 Å². The van der Waals surface area contributed by atoms with Gasteiger partial charge in [0.1, 0.15) is 11.6 Å². The maximum absolute atomic E-state index is 13.1. The fraction of sp³-hybridized carbons (Fsp3) is 0.250. The van der Waals surface area contributed by atoms with Gasteiger partial charge in [-0.3, -0.25) is 0 Å². The summed E-state index contributed by atoms with van der Waals surface area (Å²) < 4.78 is 45.7. The topological polar surface area (TPSA) is 55.4 Å². The third kappa shape index (κ3) is 2.98. The van der Waals surface area contributed by atoms with Gasteiger partial charge in [-0.05, 0) is 47.9 Å². The number of halogens is 1. The van der Waals surface area contributed by atoms with Crippen LogP contribution in [0.1, 0.15) is 16.7 Å². The molecule has 0 atom stereocenters. The number of ether oxygens (including phenoxy) is 1. The summed E-state index contributed by atoms with van der Waals surface area (Å²) in [4.78, 5) is 0.0957. The number of rotatable bonds is 4. The van der Waals surface area contributed by atoms with Crippen LogP contribution in [-0.4, -0.2) is 15.0 Å². The van der Waals surface area contributed by atoms with Crippen LogP contribution in [0.15, 0.2) is 41.3 Å². The fourth-order valence-electron chi connectivity index (χ4n) is 2.52. The van der Waals surface area contributed by atoms with Gasteiger partial charge in [-0.2, -0.15) is 0 Å². The molecule has 0 unspecified atom stereocenters. The van der Waals surface area contributed by atoms with Crippen LogP contribution in [0.5, 0.6) is 5.75 Å². The van der Waals surface area contributed by atoms with E-state index in [0.717, 1.165) is 29.4 Å². The first kappa shape index (κ1) is 15.0. The average Bonchev–Trinajstić information content (AvgIpc) is 2.92. The fourth-order valence-corrected chi connectivity index (χ4v) is 3.76. The van der Waals surface area contributed by atoms with Crippen molar-refractivity contribution in [2.75, 3.05) is 6.61 Å². The van der Waals surface area contributed by atoms with Gasteiger partial charge in [-0.25, -0.2) is 17.5 Å². The molecule has 1 N–H and O–H groups in total. The first-order chi connectivity index (χ1) is 10.5. The molecular formula is C16H16FNO3S. The number of hydrogen-bond donors (Lipinski definition) is 1. The van der Waals surface area contributed by atoms with Crippen LogP contribution >= 0.6 is 0 Å². The van der Waals surface area contributed by atoms with E-state index in [-0.39, 0.29) is 11.4 Å². The van der Waals surface area contributed by atoms with Gasteiger partial charge in [-0.15, -0.1) is 0 Å². The highest BCUT2D eigenvalue weighted by Gasteiger charge is 2.18. The lowest BCUT2D eigenvalue weighted by Gasteiger charge is -2.10. The Hall–Kier alpha value is -1.92. The van der Waals surface area contributed by atoms with Gasteiger partial charge in [0.25, 0.3) is 0 Å². The zero-order chi connectivity index (χ0) is 15.7. The van der Waals surface area contributed by atoms with E-state index in [1.165, 1.54) is 12.1 Å². The Kier molecular flexibility index (Phi) is 3.88. The molecule has 1 heterocycles. The molecule has 0 radical (unpaired) electrons. The van der Waals surface area contributed by atoms with Gasteiger partial charge >= 0.3 is 0 Å². The smallest absolute Gasteiger partial charge is 0.241 e. The van der Waals surface area contributed by atoms with Crippen molar-refractivity contribution in [2.45, 2.75) is 24.8 Å². The van der Waals surface area contributed by atoms with Crippen LogP contribution in [0.25, 0.3) is 0 Å². The Bertz CT molecular complexity index is 818. The Morgan fingerprint density at radius 1 is 1.23 bits per heavy atom. The summed E-state index contributed by atoms with van der Waals surface area (Å²) in [6, 6.07) is 9.28. The predicted octanol–water partition coefficient (Wildman–Crippen LogP) is 2.55. The van der Waals surface area contributed by atoms with E-state index in [1.807, 2.05) is 18.2 Å². The molecule has 6 heteroatoms. The zero-order valence-corrected chi connectivity index (χ0v) is 12.9. The normalized spacial score (nSPS) is 13.7. The summed E-state index contributed by atoms with van der Waals surface area (Å²) in [5, 5.41) is 0. The van der Waals surface area contributed by atoms with Gasteiger partial charge in [0.2, 0.25) is 10.0 Å². The van der Waals surface area contributed by atoms with E-state index in [1.54, 1.807) is 6.92 Å². The number of hydrogen-bond acceptors (Lipinski definition) is 3. The lowest BCUT2D eigenvalue weighted by atomic mass is 10.1. The summed E-state index contributed by atoms with van der Waals surface area (Å²) in [6.07, 6.45) is 0.840. The van der Waals surface area contributed by atoms with Crippen LogP contribution < -0.4 is 9.46 Å². The summed E-state index contributed by atoms with van der Waals surface area (Å²) in [5.74, 6) is 0.413. The SMILES string of the molecule is Cc1cc(F)ccc1S(=O)(=O)NCc1ccc2c(c1)CCO2. The summed E-state index contributed by atoms with van der Waals surface area (Å²) >= 11 is 0. The molecule has 22 heavy (non-hydrogen) atoms. The Labute approximate surface area is 129 Å². The molecule has 0 amide bonds. The minimum Gasteiger partial charge on any atom is -0.493 e. The number of nitrogens with one attached hydrogen (secondary N) is 1. The number of sulfonamides is 1. The van der Waals surface area contributed by atoms with E-state index >= 15 is 0 Å². The Morgan fingerprint density at radius 3 is 2.82 bits per heavy atom. The van der Waals surface area contributed by atoms with Gasteiger partial charge < -0.3 is 4.74 Å². The molecule has 2 aromatic rings. The van der Waals surface area contributed by atoms with Crippen molar-refractivity contribution in [3.8, 4) is 5.75 Å². The largest absolute Gasteiger partial charge is 0.493 e. The maximum Gasteiger partial charge on any atom is 0.241 e. The quantitative estimate of drug-likeness (QED) is 0.941. The highest BCUT2D eigenvalue weighted by Crippen LogP contribution is 2.26. The lowest BCUT2D eigenvalue weighted by Crippen LogP contribution is -2.24. The van der Waals surface area contributed by atoms with E-state index < -0.39 is 15.8 Å². The predicted molar refractivity (Wildman–Crippen MR) is 80.8 cm³/mol. The number of fused-ring (bicyclic) bond motifs is 1. The first-order valence-electron chi connectivity index (χ1n) is 6.96. The number of aryl methyl sites for hydroxylation is 1. The molecule has 0 bridgehead atoms. The summed E-state index contributed by atoms with van der Waals surface area (Å²) in [7, 11) is -3.67. The molecule has 3 rings (SSSR count). The molecule has 1 aliphatic heterocycles. The third-order valence-corrected chi connectivity index (χ3v) is 5.21. The molecule has 2 aromatic carbocycles. The summed E-state index contributed by atoms with van der Waals surface area (Å²) in [5.41, 5.74) is 2.34.